The van der Waals surface area contributed by atoms with Crippen molar-refractivity contribution in [2.24, 2.45) is 34.5 Å². The van der Waals surface area contributed by atoms with E-state index in [2.05, 4.69) is 13.8 Å². The molecule has 0 unspecified atom stereocenters. The second kappa shape index (κ2) is 13.2. The van der Waals surface area contributed by atoms with Gasteiger partial charge in [0.2, 0.25) is 0 Å². The number of hydrogen-bond acceptors (Lipinski definition) is 12. The third kappa shape index (κ3) is 6.26. The second-order valence-corrected chi connectivity index (χ2v) is 14.1. The molecule has 1 heterocycles. The van der Waals surface area contributed by atoms with Gasteiger partial charge in [-0.2, -0.15) is 0 Å². The predicted molar refractivity (Wildman–Crippen MR) is 158 cm³/mol. The molecule has 0 bridgehead atoms. The average molecular weight is 647 g/mol. The van der Waals surface area contributed by atoms with Crippen molar-refractivity contribution in [3.63, 3.8) is 0 Å². The van der Waals surface area contributed by atoms with E-state index in [4.69, 9.17) is 28.4 Å². The van der Waals surface area contributed by atoms with E-state index in [0.29, 0.717) is 24.2 Å². The SMILES string of the molecule is COC(=O)[C@@H]1O[C@H](OCC(=O)[C@@H]2CC[C@@H]3[C@H]4CCC5=CC(=O)CC[C@@]5(C)[C@@H]4CC[C@@]32C)[C@@H](OC(C)=O)[C@H](OC(C)=O)[C@H]1OC(C)=O. The molecular formula is C34H46O12. The van der Waals surface area contributed by atoms with Crippen LogP contribution in [0.1, 0.15) is 86.0 Å². The minimum absolute atomic E-state index is 0.0338. The van der Waals surface area contributed by atoms with Gasteiger partial charge in [-0.3, -0.25) is 24.0 Å². The van der Waals surface area contributed by atoms with Crippen molar-refractivity contribution >= 4 is 35.4 Å². The van der Waals surface area contributed by atoms with Gasteiger partial charge in [0.15, 0.2) is 42.3 Å². The first-order chi connectivity index (χ1) is 21.7. The molecule has 11 atom stereocenters. The number of ether oxygens (including phenoxy) is 6. The van der Waals surface area contributed by atoms with Gasteiger partial charge in [0.05, 0.1) is 7.11 Å². The van der Waals surface area contributed by atoms with Crippen molar-refractivity contribution in [2.75, 3.05) is 13.7 Å². The molecule has 5 aliphatic rings. The lowest BCUT2D eigenvalue weighted by atomic mass is 9.46. The molecule has 0 amide bonds. The van der Waals surface area contributed by atoms with Gasteiger partial charge in [-0.1, -0.05) is 19.4 Å². The van der Waals surface area contributed by atoms with Gasteiger partial charge < -0.3 is 28.4 Å². The molecule has 254 valence electrons. The van der Waals surface area contributed by atoms with Crippen LogP contribution in [0.4, 0.5) is 0 Å². The Labute approximate surface area is 269 Å². The number of fused-ring (bicyclic) bond motifs is 5. The lowest BCUT2D eigenvalue weighted by Crippen LogP contribution is -2.64. The minimum Gasteiger partial charge on any atom is -0.467 e. The van der Waals surface area contributed by atoms with Gasteiger partial charge in [-0.05, 0) is 79.6 Å². The Bertz CT molecular complexity index is 1300. The molecular weight excluding hydrogens is 600 g/mol. The first-order valence-electron chi connectivity index (χ1n) is 16.3. The number of rotatable bonds is 8. The van der Waals surface area contributed by atoms with Crippen LogP contribution in [0.15, 0.2) is 11.6 Å². The van der Waals surface area contributed by atoms with Crippen molar-refractivity contribution in [3.8, 4) is 0 Å². The van der Waals surface area contributed by atoms with Crippen molar-refractivity contribution in [2.45, 2.75) is 117 Å². The van der Waals surface area contributed by atoms with Gasteiger partial charge in [0.25, 0.3) is 0 Å². The zero-order valence-corrected chi connectivity index (χ0v) is 27.5. The molecule has 0 aromatic rings. The largest absolute Gasteiger partial charge is 0.467 e. The highest BCUT2D eigenvalue weighted by Gasteiger charge is 2.60. The van der Waals surface area contributed by atoms with E-state index in [-0.39, 0.29) is 28.3 Å². The van der Waals surface area contributed by atoms with Crippen LogP contribution in [-0.2, 0) is 57.2 Å². The zero-order chi connectivity index (χ0) is 33.6. The number of hydrogen-bond donors (Lipinski definition) is 0. The maximum atomic E-state index is 13.9. The Morgan fingerprint density at radius 3 is 2.13 bits per heavy atom. The number of ketones is 2. The van der Waals surface area contributed by atoms with Crippen molar-refractivity contribution in [1.82, 2.24) is 0 Å². The summed E-state index contributed by atoms with van der Waals surface area (Å²) in [5.41, 5.74) is 1.11. The summed E-state index contributed by atoms with van der Waals surface area (Å²) in [5, 5.41) is 0. The number of allylic oxidation sites excluding steroid dienone is 1. The molecule has 0 N–H and O–H groups in total. The molecule has 4 aliphatic carbocycles. The lowest BCUT2D eigenvalue weighted by molar-refractivity contribution is -0.300. The highest BCUT2D eigenvalue weighted by atomic mass is 16.7. The third-order valence-corrected chi connectivity index (χ3v) is 11.6. The molecule has 46 heavy (non-hydrogen) atoms. The van der Waals surface area contributed by atoms with E-state index >= 15 is 0 Å². The molecule has 0 aromatic carbocycles. The standard InChI is InChI=1S/C34H46O12/c1-17(35)43-27-28(44-18(2)36)30(45-19(3)37)32(46-29(27)31(40)41-6)42-16-26(39)25-10-9-23-22-8-7-20-15-21(38)11-13-33(20,4)24(22)12-14-34(23,25)5/h15,22-25,27-30,32H,7-14,16H2,1-6H3/t22-,23-,24-,25+,27-,28-,29-,30+,32+,33-,34+/m1/s1. The van der Waals surface area contributed by atoms with Crippen LogP contribution in [0, 0.1) is 34.5 Å². The fourth-order valence-electron chi connectivity index (χ4n) is 9.57. The normalized spacial score (nSPS) is 39.9. The Morgan fingerprint density at radius 2 is 1.48 bits per heavy atom. The van der Waals surface area contributed by atoms with Crippen LogP contribution in [-0.4, -0.2) is 79.9 Å². The number of carbonyl (C=O) groups is 6. The van der Waals surface area contributed by atoms with Gasteiger partial charge >= 0.3 is 23.9 Å². The van der Waals surface area contributed by atoms with Gasteiger partial charge in [-0.25, -0.2) is 4.79 Å². The van der Waals surface area contributed by atoms with E-state index < -0.39 is 61.2 Å². The predicted octanol–water partition coefficient (Wildman–Crippen LogP) is 3.41. The summed E-state index contributed by atoms with van der Waals surface area (Å²) < 4.78 is 32.8. The minimum atomic E-state index is -1.59. The number of Topliss-reactive ketones (excluding diaryl/α,β-unsaturated/α-hetero) is 1. The average Bonchev–Trinajstić information content (AvgIpc) is 3.34. The van der Waals surface area contributed by atoms with Gasteiger partial charge in [-0.15, -0.1) is 0 Å². The Morgan fingerprint density at radius 1 is 0.826 bits per heavy atom. The van der Waals surface area contributed by atoms with E-state index in [1.807, 2.05) is 6.08 Å². The molecule has 0 radical (unpaired) electrons. The van der Waals surface area contributed by atoms with E-state index in [1.165, 1.54) is 5.57 Å². The van der Waals surface area contributed by atoms with Crippen LogP contribution in [0.3, 0.4) is 0 Å². The molecule has 1 saturated heterocycles. The first kappa shape index (κ1) is 34.2. The molecule has 4 fully saturated rings. The zero-order valence-electron chi connectivity index (χ0n) is 27.5. The summed E-state index contributed by atoms with van der Waals surface area (Å²) in [7, 11) is 1.11. The maximum Gasteiger partial charge on any atom is 0.339 e. The molecule has 3 saturated carbocycles. The first-order valence-corrected chi connectivity index (χ1v) is 16.3. The summed E-state index contributed by atoms with van der Waals surface area (Å²) in [6, 6.07) is 0. The van der Waals surface area contributed by atoms with Gasteiger partial charge in [0, 0.05) is 33.1 Å². The van der Waals surface area contributed by atoms with Crippen molar-refractivity contribution in [3.05, 3.63) is 11.6 Å². The number of methoxy groups -OCH3 is 1. The summed E-state index contributed by atoms with van der Waals surface area (Å²) in [6.45, 7) is 7.50. The van der Waals surface area contributed by atoms with Crippen molar-refractivity contribution < 1.29 is 57.2 Å². The van der Waals surface area contributed by atoms with Crippen LogP contribution in [0.2, 0.25) is 0 Å². The summed E-state index contributed by atoms with van der Waals surface area (Å²) in [5.74, 6) is -2.12. The van der Waals surface area contributed by atoms with Crippen LogP contribution >= 0.6 is 0 Å². The number of esters is 4. The molecule has 1 aliphatic heterocycles. The topological polar surface area (TPSA) is 158 Å². The molecule has 5 rings (SSSR count). The highest BCUT2D eigenvalue weighted by Crippen LogP contribution is 2.66. The Kier molecular flexibility index (Phi) is 9.80. The summed E-state index contributed by atoms with van der Waals surface area (Å²) in [4.78, 5) is 75.0. The highest BCUT2D eigenvalue weighted by molar-refractivity contribution is 5.91. The Hall–Kier alpha value is -3.12. The van der Waals surface area contributed by atoms with E-state index in [1.54, 1.807) is 0 Å². The lowest BCUT2D eigenvalue weighted by Gasteiger charge is -2.58. The molecule has 0 aromatic heterocycles. The van der Waals surface area contributed by atoms with Crippen LogP contribution in [0.5, 0.6) is 0 Å². The third-order valence-electron chi connectivity index (χ3n) is 11.6. The van der Waals surface area contributed by atoms with E-state index in [9.17, 15) is 28.8 Å². The summed E-state index contributed by atoms with van der Waals surface area (Å²) in [6.07, 6.45) is 1.34. The van der Waals surface area contributed by atoms with Gasteiger partial charge in [0.1, 0.15) is 6.61 Å². The smallest absolute Gasteiger partial charge is 0.339 e. The van der Waals surface area contributed by atoms with Crippen LogP contribution in [0.25, 0.3) is 0 Å². The fourth-order valence-corrected chi connectivity index (χ4v) is 9.57. The molecule has 0 spiro atoms. The van der Waals surface area contributed by atoms with Crippen molar-refractivity contribution in [1.29, 1.82) is 0 Å². The number of carbonyl (C=O) groups excluding carboxylic acids is 6. The van der Waals surface area contributed by atoms with Crippen LogP contribution < -0.4 is 0 Å². The Balaban J connectivity index is 1.33. The monoisotopic (exact) mass is 646 g/mol. The quantitative estimate of drug-likeness (QED) is 0.280. The summed E-state index contributed by atoms with van der Waals surface area (Å²) >= 11 is 0. The molecule has 12 nitrogen and oxygen atoms in total. The maximum absolute atomic E-state index is 13.9. The van der Waals surface area contributed by atoms with E-state index in [0.717, 1.165) is 72.8 Å². The fraction of sp³-hybridized carbons (Fsp3) is 0.765. The second-order valence-electron chi connectivity index (χ2n) is 14.1. The molecule has 12 heteroatoms.